The summed E-state index contributed by atoms with van der Waals surface area (Å²) in [5, 5.41) is 11.4. The molecule has 0 aliphatic rings. The Kier molecular flexibility index (Phi) is 4.85. The summed E-state index contributed by atoms with van der Waals surface area (Å²) in [6, 6.07) is 6.23. The Hall–Kier alpha value is -2.67. The highest BCUT2D eigenvalue weighted by molar-refractivity contribution is 6.33. The average Bonchev–Trinajstić information content (AvgIpc) is 3.10. The Balaban J connectivity index is 1.76. The summed E-state index contributed by atoms with van der Waals surface area (Å²) in [6.07, 6.45) is 3.11. The molecule has 0 atom stereocenters. The second kappa shape index (κ2) is 7.06. The summed E-state index contributed by atoms with van der Waals surface area (Å²) in [7, 11) is 0. The molecule has 0 saturated carbocycles. The molecule has 0 aliphatic carbocycles. The Morgan fingerprint density at radius 2 is 2.20 bits per heavy atom. The highest BCUT2D eigenvalue weighted by Crippen LogP contribution is 2.21. The maximum Gasteiger partial charge on any atom is 0.260 e. The second-order valence-electron chi connectivity index (χ2n) is 5.57. The van der Waals surface area contributed by atoms with Crippen LogP contribution in [0.4, 0.5) is 10.2 Å². The molecule has 0 unspecified atom stereocenters. The number of aryl methyl sites for hydroxylation is 1. The van der Waals surface area contributed by atoms with Crippen molar-refractivity contribution in [3.8, 4) is 0 Å². The summed E-state index contributed by atoms with van der Waals surface area (Å²) in [5.41, 5.74) is 1.99. The number of carbonyl (C=O) groups excluding carboxylic acids is 1. The van der Waals surface area contributed by atoms with Gasteiger partial charge in [-0.15, -0.1) is 0 Å². The molecule has 25 heavy (non-hydrogen) atoms. The van der Waals surface area contributed by atoms with E-state index in [1.54, 1.807) is 27.7 Å². The molecule has 0 saturated heterocycles. The molecule has 1 amide bonds. The molecule has 0 bridgehead atoms. The van der Waals surface area contributed by atoms with Crippen LogP contribution in [0.1, 0.15) is 28.5 Å². The molecule has 0 radical (unpaired) electrons. The lowest BCUT2D eigenvalue weighted by Gasteiger charge is -2.04. The number of amides is 1. The van der Waals surface area contributed by atoms with Crippen LogP contribution in [-0.4, -0.2) is 25.5 Å². The Bertz CT molecular complexity index is 918. The average molecular weight is 362 g/mol. The summed E-state index contributed by atoms with van der Waals surface area (Å²) >= 11 is 6.15. The van der Waals surface area contributed by atoms with Crippen molar-refractivity contribution in [2.75, 3.05) is 5.32 Å². The SMILES string of the molecule is CCn1ncc(C(=O)Nc2nn(Cc3cccc(F)c3)cc2Cl)c1C. The zero-order chi connectivity index (χ0) is 18.0. The van der Waals surface area contributed by atoms with Gasteiger partial charge in [-0.25, -0.2) is 4.39 Å². The Morgan fingerprint density at radius 3 is 2.88 bits per heavy atom. The maximum absolute atomic E-state index is 13.3. The topological polar surface area (TPSA) is 64.7 Å². The van der Waals surface area contributed by atoms with Crippen molar-refractivity contribution in [3.05, 3.63) is 64.3 Å². The fourth-order valence-corrected chi connectivity index (χ4v) is 2.75. The molecule has 8 heteroatoms. The predicted octanol–water partition coefficient (Wildman–Crippen LogP) is 3.50. The van der Waals surface area contributed by atoms with Gasteiger partial charge in [0, 0.05) is 18.4 Å². The van der Waals surface area contributed by atoms with Gasteiger partial charge in [0.2, 0.25) is 0 Å². The maximum atomic E-state index is 13.3. The van der Waals surface area contributed by atoms with Crippen LogP contribution in [0, 0.1) is 12.7 Å². The second-order valence-corrected chi connectivity index (χ2v) is 5.97. The van der Waals surface area contributed by atoms with E-state index in [4.69, 9.17) is 11.6 Å². The van der Waals surface area contributed by atoms with E-state index in [0.717, 1.165) is 11.3 Å². The molecule has 2 aromatic heterocycles. The standard InChI is InChI=1S/C17H17ClFN5O/c1-3-24-11(2)14(8-20-24)17(25)21-16-15(18)10-23(22-16)9-12-5-4-6-13(19)7-12/h4-8,10H,3,9H2,1-2H3,(H,21,22,25). The van der Waals surface area contributed by atoms with E-state index in [0.29, 0.717) is 23.7 Å². The minimum Gasteiger partial charge on any atom is -0.304 e. The van der Waals surface area contributed by atoms with Crippen molar-refractivity contribution < 1.29 is 9.18 Å². The molecule has 6 nitrogen and oxygen atoms in total. The third-order valence-corrected chi connectivity index (χ3v) is 4.11. The Labute approximate surface area is 149 Å². The molecule has 3 aromatic rings. The normalized spacial score (nSPS) is 10.9. The largest absolute Gasteiger partial charge is 0.304 e. The van der Waals surface area contributed by atoms with Gasteiger partial charge in [0.1, 0.15) is 10.8 Å². The van der Waals surface area contributed by atoms with Crippen LogP contribution >= 0.6 is 11.6 Å². The summed E-state index contributed by atoms with van der Waals surface area (Å²) < 4.78 is 16.5. The van der Waals surface area contributed by atoms with E-state index >= 15 is 0 Å². The van der Waals surface area contributed by atoms with Crippen molar-refractivity contribution in [1.29, 1.82) is 0 Å². The minimum absolute atomic E-state index is 0.256. The monoisotopic (exact) mass is 361 g/mol. The first-order chi connectivity index (χ1) is 12.0. The number of rotatable bonds is 5. The number of benzene rings is 1. The van der Waals surface area contributed by atoms with E-state index in [1.807, 2.05) is 13.8 Å². The number of hydrogen-bond donors (Lipinski definition) is 1. The van der Waals surface area contributed by atoms with E-state index in [1.165, 1.54) is 18.3 Å². The van der Waals surface area contributed by atoms with Crippen molar-refractivity contribution in [1.82, 2.24) is 19.6 Å². The van der Waals surface area contributed by atoms with Gasteiger partial charge in [0.25, 0.3) is 5.91 Å². The smallest absolute Gasteiger partial charge is 0.260 e. The van der Waals surface area contributed by atoms with Crippen LogP contribution < -0.4 is 5.32 Å². The number of aromatic nitrogens is 4. The van der Waals surface area contributed by atoms with E-state index < -0.39 is 0 Å². The zero-order valence-electron chi connectivity index (χ0n) is 13.8. The lowest BCUT2D eigenvalue weighted by atomic mass is 10.2. The fraction of sp³-hybridized carbons (Fsp3) is 0.235. The molecule has 130 valence electrons. The first-order valence-electron chi connectivity index (χ1n) is 7.79. The van der Waals surface area contributed by atoms with Gasteiger partial charge < -0.3 is 5.32 Å². The van der Waals surface area contributed by atoms with E-state index in [9.17, 15) is 9.18 Å². The Morgan fingerprint density at radius 1 is 1.40 bits per heavy atom. The minimum atomic E-state index is -0.324. The van der Waals surface area contributed by atoms with Crippen LogP contribution in [0.25, 0.3) is 0 Å². The number of nitrogens with zero attached hydrogens (tertiary/aromatic N) is 4. The van der Waals surface area contributed by atoms with Gasteiger partial charge in [-0.1, -0.05) is 23.7 Å². The van der Waals surface area contributed by atoms with Crippen LogP contribution in [0.5, 0.6) is 0 Å². The van der Waals surface area contributed by atoms with E-state index in [2.05, 4.69) is 15.5 Å². The summed E-state index contributed by atoms with van der Waals surface area (Å²) in [5.74, 6) is -0.380. The highest BCUT2D eigenvalue weighted by Gasteiger charge is 2.17. The van der Waals surface area contributed by atoms with Gasteiger partial charge in [-0.05, 0) is 31.5 Å². The number of anilines is 1. The molecule has 1 N–H and O–H groups in total. The fourth-order valence-electron chi connectivity index (χ4n) is 2.55. The first-order valence-corrected chi connectivity index (χ1v) is 8.17. The molecule has 0 fully saturated rings. The van der Waals surface area contributed by atoms with Gasteiger partial charge in [-0.2, -0.15) is 10.2 Å². The lowest BCUT2D eigenvalue weighted by molar-refractivity contribution is 0.102. The zero-order valence-corrected chi connectivity index (χ0v) is 14.6. The van der Waals surface area contributed by atoms with Crippen molar-refractivity contribution in [2.45, 2.75) is 26.9 Å². The number of carbonyl (C=O) groups is 1. The molecule has 0 spiro atoms. The summed E-state index contributed by atoms with van der Waals surface area (Å²) in [4.78, 5) is 12.4. The van der Waals surface area contributed by atoms with Crippen LogP contribution in [0.15, 0.2) is 36.7 Å². The number of halogens is 2. The molecular formula is C17H17ClFN5O. The third kappa shape index (κ3) is 3.71. The van der Waals surface area contributed by atoms with E-state index in [-0.39, 0.29) is 17.5 Å². The lowest BCUT2D eigenvalue weighted by Crippen LogP contribution is -2.14. The predicted molar refractivity (Wildman–Crippen MR) is 93.3 cm³/mol. The molecular weight excluding hydrogens is 345 g/mol. The molecule has 3 rings (SSSR count). The summed E-state index contributed by atoms with van der Waals surface area (Å²) in [6.45, 7) is 4.81. The molecule has 0 aliphatic heterocycles. The highest BCUT2D eigenvalue weighted by atomic mass is 35.5. The van der Waals surface area contributed by atoms with Gasteiger partial charge in [0.05, 0.1) is 18.3 Å². The van der Waals surface area contributed by atoms with Gasteiger partial charge in [0.15, 0.2) is 5.82 Å². The first kappa shape index (κ1) is 17.2. The third-order valence-electron chi connectivity index (χ3n) is 3.83. The van der Waals surface area contributed by atoms with Gasteiger partial charge >= 0.3 is 0 Å². The molecule has 1 aromatic carbocycles. The van der Waals surface area contributed by atoms with Crippen molar-refractivity contribution in [3.63, 3.8) is 0 Å². The quantitative estimate of drug-likeness (QED) is 0.756. The number of hydrogen-bond acceptors (Lipinski definition) is 3. The number of nitrogens with one attached hydrogen (secondary N) is 1. The van der Waals surface area contributed by atoms with Gasteiger partial charge in [-0.3, -0.25) is 14.2 Å². The van der Waals surface area contributed by atoms with Crippen LogP contribution in [0.3, 0.4) is 0 Å². The van der Waals surface area contributed by atoms with Crippen molar-refractivity contribution in [2.24, 2.45) is 0 Å². The van der Waals surface area contributed by atoms with Crippen LogP contribution in [-0.2, 0) is 13.1 Å². The molecule has 2 heterocycles. The van der Waals surface area contributed by atoms with Crippen molar-refractivity contribution >= 4 is 23.3 Å². The van der Waals surface area contributed by atoms with Crippen LogP contribution in [0.2, 0.25) is 5.02 Å².